The molecule has 10 nitrogen and oxygen atoms in total. The minimum absolute atomic E-state index is 0.0258. The van der Waals surface area contributed by atoms with E-state index in [0.717, 1.165) is 12.1 Å². The Morgan fingerprint density at radius 2 is 1.71 bits per heavy atom. The summed E-state index contributed by atoms with van der Waals surface area (Å²) in [6.07, 6.45) is -0.1000. The Morgan fingerprint density at radius 3 is 2.24 bits per heavy atom. The monoisotopic (exact) mass is 575 g/mol. The van der Waals surface area contributed by atoms with Crippen LogP contribution in [-0.4, -0.2) is 68.0 Å². The van der Waals surface area contributed by atoms with Crippen LogP contribution in [0.2, 0.25) is 0 Å². The average Bonchev–Trinajstić information content (AvgIpc) is 2.85. The number of Topliss-reactive ketones (excluding diaryl/α,β-unsaturated/α-hetero) is 1. The standard InChI is InChI=1S/C28H28F3N3O7/c1-34(2)22-14-4-10-3-13-12(9-6-15(29)21(31)16(30)7-9)5-11(8-32)23(35)18(13)24(36)17(10)25(37)19(14)28(40,41)20(26(22)38)27(33)39/h5-7,10,14,19,22,35-36,38,40-41H,3-4,8,32H2,1-2H3,(H2,33,39)/t10?,14?,19?,22-/m0/s1. The lowest BCUT2D eigenvalue weighted by Crippen LogP contribution is -2.62. The van der Waals surface area contributed by atoms with E-state index in [2.05, 4.69) is 0 Å². The highest BCUT2D eigenvalue weighted by molar-refractivity contribution is 6.08. The van der Waals surface area contributed by atoms with Crippen molar-refractivity contribution in [3.05, 3.63) is 69.2 Å². The number of allylic oxidation sites excluding steroid dienone is 1. The third-order valence-electron chi connectivity index (χ3n) is 8.43. The van der Waals surface area contributed by atoms with E-state index in [9.17, 15) is 48.3 Å². The van der Waals surface area contributed by atoms with Gasteiger partial charge < -0.3 is 37.0 Å². The topological polar surface area (TPSA) is 191 Å². The van der Waals surface area contributed by atoms with Crippen molar-refractivity contribution in [3.8, 4) is 16.9 Å². The smallest absolute Gasteiger partial charge is 0.253 e. The molecule has 0 heterocycles. The molecule has 4 atom stereocenters. The van der Waals surface area contributed by atoms with E-state index in [1.165, 1.54) is 11.0 Å². The normalized spacial score (nSPS) is 25.2. The number of phenolic OH excluding ortho intramolecular Hbond substituents is 1. The molecule has 0 saturated heterocycles. The van der Waals surface area contributed by atoms with Gasteiger partial charge in [-0.25, -0.2) is 13.2 Å². The Balaban J connectivity index is 1.76. The molecule has 0 aliphatic heterocycles. The number of hydrogen-bond acceptors (Lipinski definition) is 9. The number of aromatic hydroxyl groups is 1. The van der Waals surface area contributed by atoms with E-state index in [0.29, 0.717) is 0 Å². The van der Waals surface area contributed by atoms with Crippen LogP contribution < -0.4 is 11.5 Å². The number of benzene rings is 2. The summed E-state index contributed by atoms with van der Waals surface area (Å²) < 4.78 is 42.2. The number of halogens is 3. The van der Waals surface area contributed by atoms with Gasteiger partial charge in [-0.3, -0.25) is 14.5 Å². The van der Waals surface area contributed by atoms with Crippen molar-refractivity contribution in [2.24, 2.45) is 29.2 Å². The van der Waals surface area contributed by atoms with Gasteiger partial charge in [-0.05, 0) is 73.7 Å². The van der Waals surface area contributed by atoms with E-state index in [4.69, 9.17) is 11.5 Å². The molecule has 1 fully saturated rings. The number of hydrogen-bond donors (Lipinski definition) is 7. The first-order valence-corrected chi connectivity index (χ1v) is 12.7. The van der Waals surface area contributed by atoms with Crippen LogP contribution in [0.4, 0.5) is 13.2 Å². The highest BCUT2D eigenvalue weighted by atomic mass is 19.2. The van der Waals surface area contributed by atoms with Gasteiger partial charge in [-0.15, -0.1) is 0 Å². The summed E-state index contributed by atoms with van der Waals surface area (Å²) in [6.45, 7) is -0.282. The number of nitrogens with zero attached hydrogens (tertiary/aromatic N) is 1. The maximum Gasteiger partial charge on any atom is 0.253 e. The van der Waals surface area contributed by atoms with E-state index < -0.39 is 81.6 Å². The average molecular weight is 576 g/mol. The van der Waals surface area contributed by atoms with Crippen molar-refractivity contribution < 1.29 is 48.3 Å². The Kier molecular flexibility index (Phi) is 6.69. The largest absolute Gasteiger partial charge is 0.510 e. The molecule has 218 valence electrons. The number of carbonyl (C=O) groups is 2. The predicted molar refractivity (Wildman–Crippen MR) is 138 cm³/mol. The first-order valence-electron chi connectivity index (χ1n) is 12.7. The minimum atomic E-state index is -3.18. The zero-order valence-electron chi connectivity index (χ0n) is 22.0. The predicted octanol–water partition coefficient (Wildman–Crippen LogP) is 1.50. The molecule has 13 heteroatoms. The number of aliphatic hydroxyl groups is 4. The van der Waals surface area contributed by atoms with Gasteiger partial charge in [0.05, 0.1) is 17.5 Å². The van der Waals surface area contributed by atoms with Crippen molar-refractivity contribution in [2.75, 3.05) is 14.1 Å². The van der Waals surface area contributed by atoms with Crippen LogP contribution >= 0.6 is 0 Å². The lowest BCUT2D eigenvalue weighted by Gasteiger charge is -2.51. The summed E-state index contributed by atoms with van der Waals surface area (Å²) in [5, 5.41) is 55.4. The molecule has 2 aromatic rings. The number of aliphatic hydroxyl groups excluding tert-OH is 2. The highest BCUT2D eigenvalue weighted by Crippen LogP contribution is 2.54. The van der Waals surface area contributed by atoms with Crippen molar-refractivity contribution in [2.45, 2.75) is 31.2 Å². The van der Waals surface area contributed by atoms with Crippen molar-refractivity contribution >= 4 is 17.4 Å². The van der Waals surface area contributed by atoms with Crippen LogP contribution in [0.3, 0.4) is 0 Å². The van der Waals surface area contributed by atoms with Crippen LogP contribution in [0, 0.1) is 35.2 Å². The molecule has 0 spiro atoms. The number of phenols is 1. The molecule has 3 unspecified atom stereocenters. The van der Waals surface area contributed by atoms with Gasteiger partial charge in [0.25, 0.3) is 5.91 Å². The zero-order chi connectivity index (χ0) is 30.3. The first kappa shape index (κ1) is 28.6. The van der Waals surface area contributed by atoms with Gasteiger partial charge in [0.1, 0.15) is 22.8 Å². The Morgan fingerprint density at radius 1 is 1.10 bits per heavy atom. The molecule has 0 radical (unpaired) electrons. The Bertz CT molecular complexity index is 1560. The second kappa shape index (κ2) is 9.58. The molecule has 9 N–H and O–H groups in total. The van der Waals surface area contributed by atoms with Gasteiger partial charge in [0.15, 0.2) is 23.2 Å². The number of fused-ring (bicyclic) bond motifs is 3. The first-order chi connectivity index (χ1) is 19.1. The Hall–Kier alpha value is -3.91. The van der Waals surface area contributed by atoms with E-state index in [1.54, 1.807) is 14.1 Å². The van der Waals surface area contributed by atoms with Crippen molar-refractivity contribution in [1.29, 1.82) is 0 Å². The van der Waals surface area contributed by atoms with Gasteiger partial charge in [0.2, 0.25) is 5.79 Å². The summed E-state index contributed by atoms with van der Waals surface area (Å²) in [5.74, 6) is -15.6. The number of likely N-dealkylation sites (N-methyl/N-ethyl adjacent to an activating group) is 1. The number of amides is 1. The molecule has 41 heavy (non-hydrogen) atoms. The quantitative estimate of drug-likeness (QED) is 0.209. The van der Waals surface area contributed by atoms with Crippen molar-refractivity contribution in [3.63, 3.8) is 0 Å². The van der Waals surface area contributed by atoms with Crippen molar-refractivity contribution in [1.82, 2.24) is 4.90 Å². The molecule has 2 aromatic carbocycles. The fourth-order valence-corrected chi connectivity index (χ4v) is 6.80. The van der Waals surface area contributed by atoms with E-state index >= 15 is 0 Å². The van der Waals surface area contributed by atoms with Crippen LogP contribution in [0.15, 0.2) is 35.1 Å². The maximum absolute atomic E-state index is 14.2. The third-order valence-corrected chi connectivity index (χ3v) is 8.43. The molecule has 3 aliphatic rings. The summed E-state index contributed by atoms with van der Waals surface area (Å²) in [7, 11) is 3.09. The zero-order valence-corrected chi connectivity index (χ0v) is 22.0. The van der Waals surface area contributed by atoms with Crippen LogP contribution in [-0.2, 0) is 22.6 Å². The number of nitrogens with two attached hydrogens (primary N) is 2. The molecule has 0 bridgehead atoms. The fraction of sp³-hybridized carbons (Fsp3) is 0.357. The summed E-state index contributed by atoms with van der Waals surface area (Å²) in [5.41, 5.74) is 9.91. The van der Waals surface area contributed by atoms with Crippen LogP contribution in [0.25, 0.3) is 16.9 Å². The summed E-state index contributed by atoms with van der Waals surface area (Å²) in [4.78, 5) is 27.6. The van der Waals surface area contributed by atoms with Gasteiger partial charge in [-0.2, -0.15) is 0 Å². The molecule has 1 saturated carbocycles. The maximum atomic E-state index is 14.2. The lowest BCUT2D eigenvalue weighted by atomic mass is 9.57. The molecule has 1 amide bonds. The highest BCUT2D eigenvalue weighted by Gasteiger charge is 2.62. The summed E-state index contributed by atoms with van der Waals surface area (Å²) in [6, 6.07) is 1.83. The second-order valence-electron chi connectivity index (χ2n) is 10.9. The van der Waals surface area contributed by atoms with Gasteiger partial charge in [0, 0.05) is 17.7 Å². The third kappa shape index (κ3) is 4.02. The number of rotatable bonds is 4. The molecular weight excluding hydrogens is 547 g/mol. The molecule has 3 aliphatic carbocycles. The summed E-state index contributed by atoms with van der Waals surface area (Å²) >= 11 is 0. The van der Waals surface area contributed by atoms with Gasteiger partial charge in [-0.1, -0.05) is 0 Å². The SMILES string of the molecule is CN(C)[C@@H]1C(O)=C(C(N)=O)C(O)(O)C2C(=O)C3=C(O)c4c(O)c(CN)cc(-c5cc(F)c(F)c(F)c5)c4CC3CC21. The van der Waals surface area contributed by atoms with E-state index in [-0.39, 0.29) is 52.8 Å². The fourth-order valence-electron chi connectivity index (χ4n) is 6.80. The van der Waals surface area contributed by atoms with E-state index in [1.807, 2.05) is 0 Å². The lowest BCUT2D eigenvalue weighted by molar-refractivity contribution is -0.203. The minimum Gasteiger partial charge on any atom is -0.510 e. The number of primary amides is 1. The molecule has 5 rings (SSSR count). The van der Waals surface area contributed by atoms with Gasteiger partial charge >= 0.3 is 0 Å². The number of carbonyl (C=O) groups excluding carboxylic acids is 2. The number of ketones is 1. The van der Waals surface area contributed by atoms with Crippen LogP contribution in [0.1, 0.15) is 23.1 Å². The molecular formula is C28H28F3N3O7. The van der Waals surface area contributed by atoms with Crippen LogP contribution in [0.5, 0.6) is 5.75 Å². The Labute approximate surface area is 231 Å². The second-order valence-corrected chi connectivity index (χ2v) is 10.9. The molecule has 0 aromatic heterocycles.